The molecule has 0 aliphatic heterocycles. The lowest BCUT2D eigenvalue weighted by atomic mass is 9.76. The highest BCUT2D eigenvalue weighted by molar-refractivity contribution is 5.80. The van der Waals surface area contributed by atoms with Crippen LogP contribution in [0.2, 0.25) is 0 Å². The van der Waals surface area contributed by atoms with Gasteiger partial charge in [-0.2, -0.15) is 0 Å². The fourth-order valence-corrected chi connectivity index (χ4v) is 4.27. The van der Waals surface area contributed by atoms with Crippen LogP contribution in [0.25, 0.3) is 0 Å². The van der Waals surface area contributed by atoms with Crippen molar-refractivity contribution in [2.75, 3.05) is 0 Å². The summed E-state index contributed by atoms with van der Waals surface area (Å²) in [5.41, 5.74) is 6.17. The van der Waals surface area contributed by atoms with E-state index in [0.29, 0.717) is 12.0 Å². The van der Waals surface area contributed by atoms with Crippen molar-refractivity contribution in [3.63, 3.8) is 0 Å². The van der Waals surface area contributed by atoms with Crippen LogP contribution in [-0.4, -0.2) is 18.0 Å². The second-order valence-electron chi connectivity index (χ2n) is 7.22. The number of carbonyl (C=O) groups is 1. The molecule has 0 heterocycles. The van der Waals surface area contributed by atoms with Crippen molar-refractivity contribution in [1.82, 2.24) is 5.32 Å². The van der Waals surface area contributed by atoms with Gasteiger partial charge >= 0.3 is 0 Å². The largest absolute Gasteiger partial charge is 0.353 e. The van der Waals surface area contributed by atoms with Crippen molar-refractivity contribution in [2.45, 2.75) is 71.4 Å². The molecule has 0 aromatic carbocycles. The maximum absolute atomic E-state index is 12.5. The van der Waals surface area contributed by atoms with Crippen molar-refractivity contribution in [3.05, 3.63) is 0 Å². The number of hydrogen-bond donors (Lipinski definition) is 2. The zero-order valence-electron chi connectivity index (χ0n) is 12.7. The zero-order valence-corrected chi connectivity index (χ0v) is 12.7. The fraction of sp³-hybridized carbons (Fsp3) is 0.938. The van der Waals surface area contributed by atoms with E-state index < -0.39 is 0 Å². The number of nitrogens with two attached hydrogens (primary N) is 1. The Morgan fingerprint density at radius 3 is 2.26 bits per heavy atom. The van der Waals surface area contributed by atoms with Gasteiger partial charge < -0.3 is 11.1 Å². The quantitative estimate of drug-likeness (QED) is 0.807. The fourth-order valence-electron chi connectivity index (χ4n) is 4.27. The molecule has 0 spiro atoms. The van der Waals surface area contributed by atoms with E-state index >= 15 is 0 Å². The first-order valence-electron chi connectivity index (χ1n) is 8.03. The minimum absolute atomic E-state index is 0.0290. The maximum Gasteiger partial charge on any atom is 0.225 e. The Morgan fingerprint density at radius 2 is 1.68 bits per heavy atom. The van der Waals surface area contributed by atoms with Crippen LogP contribution in [0, 0.1) is 23.7 Å². The lowest BCUT2D eigenvalue weighted by Crippen LogP contribution is -2.51. The summed E-state index contributed by atoms with van der Waals surface area (Å²) in [5, 5.41) is 3.29. The van der Waals surface area contributed by atoms with Crippen LogP contribution in [0.3, 0.4) is 0 Å². The summed E-state index contributed by atoms with van der Waals surface area (Å²) in [4.78, 5) is 12.5. The highest BCUT2D eigenvalue weighted by atomic mass is 16.2. The summed E-state index contributed by atoms with van der Waals surface area (Å²) in [6.45, 7) is 6.77. The average Bonchev–Trinajstić information content (AvgIpc) is 2.26. The second kappa shape index (κ2) is 6.25. The summed E-state index contributed by atoms with van der Waals surface area (Å²) >= 11 is 0. The smallest absolute Gasteiger partial charge is 0.225 e. The molecule has 2 fully saturated rings. The highest BCUT2D eigenvalue weighted by Crippen LogP contribution is 2.31. The first-order valence-corrected chi connectivity index (χ1v) is 8.03. The van der Waals surface area contributed by atoms with E-state index in [9.17, 15) is 4.79 Å². The van der Waals surface area contributed by atoms with Gasteiger partial charge in [0.1, 0.15) is 0 Å². The number of carbonyl (C=O) groups excluding carboxylic acids is 1. The monoisotopic (exact) mass is 266 g/mol. The van der Waals surface area contributed by atoms with Crippen LogP contribution in [0.15, 0.2) is 0 Å². The molecule has 0 aromatic heterocycles. The molecule has 3 N–H and O–H groups in total. The van der Waals surface area contributed by atoms with Crippen molar-refractivity contribution < 1.29 is 4.79 Å². The molecule has 2 rings (SSSR count). The summed E-state index contributed by atoms with van der Waals surface area (Å²) in [5.74, 6) is 2.13. The Morgan fingerprint density at radius 1 is 1.05 bits per heavy atom. The van der Waals surface area contributed by atoms with Gasteiger partial charge in [0.15, 0.2) is 0 Å². The molecule has 19 heavy (non-hydrogen) atoms. The zero-order chi connectivity index (χ0) is 14.0. The van der Waals surface area contributed by atoms with Gasteiger partial charge in [-0.3, -0.25) is 4.79 Å². The van der Waals surface area contributed by atoms with E-state index in [4.69, 9.17) is 5.73 Å². The van der Waals surface area contributed by atoms with E-state index in [1.807, 2.05) is 0 Å². The molecule has 3 heteroatoms. The Labute approximate surface area is 117 Å². The third-order valence-corrected chi connectivity index (χ3v) is 5.10. The molecule has 5 unspecified atom stereocenters. The summed E-state index contributed by atoms with van der Waals surface area (Å²) < 4.78 is 0. The Hall–Kier alpha value is -0.570. The Bertz CT molecular complexity index is 298. The van der Waals surface area contributed by atoms with Gasteiger partial charge in [0.25, 0.3) is 0 Å². The van der Waals surface area contributed by atoms with Crippen LogP contribution >= 0.6 is 0 Å². The summed E-state index contributed by atoms with van der Waals surface area (Å²) in [7, 11) is 0. The molecule has 110 valence electrons. The van der Waals surface area contributed by atoms with Crippen LogP contribution in [0.5, 0.6) is 0 Å². The average molecular weight is 266 g/mol. The van der Waals surface area contributed by atoms with Crippen LogP contribution in [0.4, 0.5) is 0 Å². The first-order chi connectivity index (χ1) is 8.97. The standard InChI is InChI=1S/C16H30N2O/c1-10-7-11(2)9-13(8-10)18-16(19)15-12(3)5-4-6-14(15)17/h10-15H,4-9,17H2,1-3H3,(H,18,19). The van der Waals surface area contributed by atoms with E-state index in [0.717, 1.165) is 37.5 Å². The molecule has 0 aromatic rings. The molecular weight excluding hydrogens is 236 g/mol. The number of rotatable bonds is 2. The molecular formula is C16H30N2O. The predicted octanol–water partition coefficient (Wildman–Crippen LogP) is 2.69. The third-order valence-electron chi connectivity index (χ3n) is 5.10. The van der Waals surface area contributed by atoms with Crippen molar-refractivity contribution in [2.24, 2.45) is 29.4 Å². The minimum atomic E-state index is 0.0290. The lowest BCUT2D eigenvalue weighted by molar-refractivity contribution is -0.129. The van der Waals surface area contributed by atoms with Crippen molar-refractivity contribution in [3.8, 4) is 0 Å². The van der Waals surface area contributed by atoms with Gasteiger partial charge in [0.05, 0.1) is 5.92 Å². The predicted molar refractivity (Wildman–Crippen MR) is 78.6 cm³/mol. The van der Waals surface area contributed by atoms with Gasteiger partial charge in [-0.15, -0.1) is 0 Å². The molecule has 1 amide bonds. The molecule has 5 atom stereocenters. The molecule has 0 bridgehead atoms. The Balaban J connectivity index is 1.92. The molecule has 2 saturated carbocycles. The van der Waals surface area contributed by atoms with E-state index in [1.54, 1.807) is 0 Å². The second-order valence-corrected chi connectivity index (χ2v) is 7.22. The molecule has 0 radical (unpaired) electrons. The van der Waals surface area contributed by atoms with Crippen LogP contribution < -0.4 is 11.1 Å². The first kappa shape index (κ1) is 14.8. The van der Waals surface area contributed by atoms with E-state index in [1.165, 1.54) is 12.8 Å². The SMILES string of the molecule is CC1CC(C)CC(NC(=O)C2C(C)CCCC2N)C1. The van der Waals surface area contributed by atoms with E-state index in [-0.39, 0.29) is 17.9 Å². The maximum atomic E-state index is 12.5. The number of amides is 1. The topological polar surface area (TPSA) is 55.1 Å². The van der Waals surface area contributed by atoms with Crippen LogP contribution in [-0.2, 0) is 4.79 Å². The third kappa shape index (κ3) is 3.71. The molecule has 0 saturated heterocycles. The minimum Gasteiger partial charge on any atom is -0.353 e. The van der Waals surface area contributed by atoms with Crippen molar-refractivity contribution >= 4 is 5.91 Å². The molecule has 2 aliphatic rings. The van der Waals surface area contributed by atoms with Gasteiger partial charge in [-0.05, 0) is 49.9 Å². The highest BCUT2D eigenvalue weighted by Gasteiger charge is 2.35. The van der Waals surface area contributed by atoms with Gasteiger partial charge in [0, 0.05) is 12.1 Å². The molecule has 2 aliphatic carbocycles. The van der Waals surface area contributed by atoms with Gasteiger partial charge in [-0.1, -0.05) is 27.2 Å². The normalized spacial score (nSPS) is 43.8. The molecule has 3 nitrogen and oxygen atoms in total. The summed E-state index contributed by atoms with van der Waals surface area (Å²) in [6.07, 6.45) is 6.87. The van der Waals surface area contributed by atoms with E-state index in [2.05, 4.69) is 26.1 Å². The number of hydrogen-bond acceptors (Lipinski definition) is 2. The van der Waals surface area contributed by atoms with Gasteiger partial charge in [-0.25, -0.2) is 0 Å². The number of nitrogens with one attached hydrogen (secondary N) is 1. The van der Waals surface area contributed by atoms with Crippen molar-refractivity contribution in [1.29, 1.82) is 0 Å². The lowest BCUT2D eigenvalue weighted by Gasteiger charge is -2.37. The Kier molecular flexibility index (Phi) is 4.88. The summed E-state index contributed by atoms with van der Waals surface area (Å²) in [6, 6.07) is 0.426. The van der Waals surface area contributed by atoms with Crippen LogP contribution in [0.1, 0.15) is 59.3 Å². The van der Waals surface area contributed by atoms with Gasteiger partial charge in [0.2, 0.25) is 5.91 Å².